The fraction of sp³-hybridized carbons (Fsp3) is 0.795. The van der Waals surface area contributed by atoms with E-state index in [4.69, 9.17) is 10.5 Å². The van der Waals surface area contributed by atoms with Crippen molar-refractivity contribution in [3.05, 3.63) is 29.8 Å². The first kappa shape index (κ1) is 40.5. The molecule has 0 saturated heterocycles. The monoisotopic (exact) mass is 631 g/mol. The first-order valence-electron chi connectivity index (χ1n) is 18.8. The van der Waals surface area contributed by atoms with Crippen LogP contribution in [0.3, 0.4) is 0 Å². The first-order valence-corrected chi connectivity index (χ1v) is 20.0. The number of rotatable bonds is 32. The van der Waals surface area contributed by atoms with Crippen LogP contribution in [0.5, 0.6) is 0 Å². The van der Waals surface area contributed by atoms with E-state index >= 15 is 0 Å². The van der Waals surface area contributed by atoms with Crippen molar-refractivity contribution in [3.8, 4) is 0 Å². The van der Waals surface area contributed by atoms with Gasteiger partial charge >= 0.3 is 5.97 Å². The van der Waals surface area contributed by atoms with E-state index in [-0.39, 0.29) is 5.97 Å². The SMILES string of the molecule is CCCCCCCCCCCCCCCCOC(=O)CCSCCCC(N)=Nc1ccc(CCCCCCCCCC)cc1. The van der Waals surface area contributed by atoms with Gasteiger partial charge in [0.2, 0.25) is 0 Å². The number of esters is 1. The minimum absolute atomic E-state index is 0.0564. The molecule has 1 rings (SSSR count). The van der Waals surface area contributed by atoms with Gasteiger partial charge in [-0.3, -0.25) is 4.79 Å². The van der Waals surface area contributed by atoms with E-state index < -0.39 is 0 Å². The third-order valence-electron chi connectivity index (χ3n) is 8.46. The van der Waals surface area contributed by atoms with E-state index in [1.807, 2.05) is 0 Å². The number of aryl methyl sites for hydroxylation is 1. The molecule has 5 heteroatoms. The van der Waals surface area contributed by atoms with Gasteiger partial charge in [-0.2, -0.15) is 11.8 Å². The van der Waals surface area contributed by atoms with Crippen LogP contribution in [0.1, 0.15) is 180 Å². The summed E-state index contributed by atoms with van der Waals surface area (Å²) >= 11 is 1.80. The van der Waals surface area contributed by atoms with Gasteiger partial charge in [-0.1, -0.05) is 154 Å². The molecule has 44 heavy (non-hydrogen) atoms. The van der Waals surface area contributed by atoms with Crippen molar-refractivity contribution in [3.63, 3.8) is 0 Å². The van der Waals surface area contributed by atoms with Gasteiger partial charge in [-0.15, -0.1) is 0 Å². The summed E-state index contributed by atoms with van der Waals surface area (Å²) in [6, 6.07) is 8.57. The highest BCUT2D eigenvalue weighted by Crippen LogP contribution is 2.17. The van der Waals surface area contributed by atoms with E-state index in [0.29, 0.717) is 18.9 Å². The zero-order valence-electron chi connectivity index (χ0n) is 29.1. The second kappa shape index (κ2) is 31.5. The Kier molecular flexibility index (Phi) is 29.0. The third kappa shape index (κ3) is 26.9. The molecular weight excluding hydrogens is 561 g/mol. The van der Waals surface area contributed by atoms with Gasteiger partial charge < -0.3 is 10.5 Å². The molecule has 1 aromatic rings. The second-order valence-corrected chi connectivity index (χ2v) is 14.0. The molecule has 0 saturated carbocycles. The van der Waals surface area contributed by atoms with Crippen LogP contribution < -0.4 is 5.73 Å². The zero-order valence-corrected chi connectivity index (χ0v) is 29.9. The molecule has 0 fully saturated rings. The maximum atomic E-state index is 12.0. The molecule has 2 N–H and O–H groups in total. The molecule has 0 aliphatic rings. The highest BCUT2D eigenvalue weighted by Gasteiger charge is 2.04. The largest absolute Gasteiger partial charge is 0.466 e. The van der Waals surface area contributed by atoms with Gasteiger partial charge in [0.15, 0.2) is 0 Å². The number of thioether (sulfide) groups is 1. The maximum absolute atomic E-state index is 12.0. The molecule has 254 valence electrons. The highest BCUT2D eigenvalue weighted by atomic mass is 32.2. The summed E-state index contributed by atoms with van der Waals surface area (Å²) < 4.78 is 5.43. The van der Waals surface area contributed by atoms with Gasteiger partial charge in [-0.25, -0.2) is 4.99 Å². The lowest BCUT2D eigenvalue weighted by Crippen LogP contribution is -2.11. The van der Waals surface area contributed by atoms with Gasteiger partial charge in [0.05, 0.1) is 24.6 Å². The minimum atomic E-state index is -0.0564. The quantitative estimate of drug-likeness (QED) is 0.0372. The molecule has 4 nitrogen and oxygen atoms in total. The Bertz CT molecular complexity index is 796. The van der Waals surface area contributed by atoms with Crippen LogP contribution in [0, 0.1) is 0 Å². The molecule has 0 radical (unpaired) electrons. The summed E-state index contributed by atoms with van der Waals surface area (Å²) in [7, 11) is 0. The lowest BCUT2D eigenvalue weighted by molar-refractivity contribution is -0.143. The molecule has 0 amide bonds. The van der Waals surface area contributed by atoms with E-state index in [0.717, 1.165) is 42.9 Å². The standard InChI is InChI=1S/C39H70N2O2S/c1-3-5-7-9-11-13-14-15-16-17-18-20-22-24-33-43-39(42)32-35-44-34-25-27-38(40)41-37-30-28-36(29-31-37)26-23-21-19-12-10-8-6-4-2/h28-31H,3-27,32-35H2,1-2H3,(H2,40,41). The number of nitrogens with two attached hydrogens (primary N) is 1. The van der Waals surface area contributed by atoms with Gasteiger partial charge in [0.1, 0.15) is 0 Å². The van der Waals surface area contributed by atoms with Crippen molar-refractivity contribution in [2.45, 2.75) is 181 Å². The lowest BCUT2D eigenvalue weighted by atomic mass is 10.0. The van der Waals surface area contributed by atoms with Crippen LogP contribution in [0.15, 0.2) is 29.3 Å². The average Bonchev–Trinajstić information content (AvgIpc) is 3.03. The van der Waals surface area contributed by atoms with Crippen molar-refractivity contribution in [1.82, 2.24) is 0 Å². The number of benzene rings is 1. The number of nitrogens with zero attached hydrogens (tertiary/aromatic N) is 1. The van der Waals surface area contributed by atoms with Crippen LogP contribution in [0.2, 0.25) is 0 Å². The predicted molar refractivity (Wildman–Crippen MR) is 196 cm³/mol. The molecule has 0 unspecified atom stereocenters. The number of aliphatic imine (C=N–C) groups is 1. The number of ether oxygens (including phenoxy) is 1. The second-order valence-electron chi connectivity index (χ2n) is 12.8. The molecule has 0 spiro atoms. The number of hydrogen-bond acceptors (Lipinski definition) is 4. The van der Waals surface area contributed by atoms with Crippen molar-refractivity contribution in [2.75, 3.05) is 18.1 Å². The predicted octanol–water partition coefficient (Wildman–Crippen LogP) is 12.3. The molecule has 0 atom stereocenters. The van der Waals surface area contributed by atoms with Gasteiger partial charge in [-0.05, 0) is 49.1 Å². The Balaban J connectivity index is 1.91. The number of unbranched alkanes of at least 4 members (excludes halogenated alkanes) is 20. The summed E-state index contributed by atoms with van der Waals surface area (Å²) in [4.78, 5) is 16.6. The van der Waals surface area contributed by atoms with Crippen molar-refractivity contribution in [2.24, 2.45) is 10.7 Å². The molecule has 0 aliphatic carbocycles. The van der Waals surface area contributed by atoms with E-state index in [1.54, 1.807) is 11.8 Å². The fourth-order valence-electron chi connectivity index (χ4n) is 5.59. The van der Waals surface area contributed by atoms with Crippen LogP contribution in [-0.4, -0.2) is 29.9 Å². The zero-order chi connectivity index (χ0) is 31.8. The van der Waals surface area contributed by atoms with E-state index in [1.165, 1.54) is 140 Å². The number of carbonyl (C=O) groups is 1. The van der Waals surface area contributed by atoms with Crippen molar-refractivity contribution < 1.29 is 9.53 Å². The minimum Gasteiger partial charge on any atom is -0.466 e. The van der Waals surface area contributed by atoms with Gasteiger partial charge in [0, 0.05) is 12.2 Å². The topological polar surface area (TPSA) is 64.7 Å². The maximum Gasteiger partial charge on any atom is 0.306 e. The number of hydrogen-bond donors (Lipinski definition) is 1. The molecule has 1 aromatic carbocycles. The lowest BCUT2D eigenvalue weighted by Gasteiger charge is -2.06. The Hall–Kier alpha value is -1.49. The normalized spacial score (nSPS) is 11.7. The van der Waals surface area contributed by atoms with Crippen molar-refractivity contribution in [1.29, 1.82) is 0 Å². The first-order chi connectivity index (χ1) is 21.7. The summed E-state index contributed by atoms with van der Waals surface area (Å²) in [5, 5.41) is 0. The Morgan fingerprint density at radius 2 is 1.09 bits per heavy atom. The molecule has 0 aliphatic heterocycles. The smallest absolute Gasteiger partial charge is 0.306 e. The summed E-state index contributed by atoms with van der Waals surface area (Å²) in [6.07, 6.45) is 33.0. The van der Waals surface area contributed by atoms with Crippen LogP contribution in [-0.2, 0) is 16.0 Å². The van der Waals surface area contributed by atoms with Crippen molar-refractivity contribution >= 4 is 29.3 Å². The Morgan fingerprint density at radius 1 is 0.614 bits per heavy atom. The number of carbonyl (C=O) groups excluding carboxylic acids is 1. The number of amidine groups is 1. The van der Waals surface area contributed by atoms with Crippen LogP contribution in [0.4, 0.5) is 5.69 Å². The average molecular weight is 631 g/mol. The summed E-state index contributed by atoms with van der Waals surface area (Å²) in [5.74, 6) is 2.43. The summed E-state index contributed by atoms with van der Waals surface area (Å²) in [5.41, 5.74) is 8.51. The van der Waals surface area contributed by atoms with Crippen LogP contribution >= 0.6 is 11.8 Å². The molecule has 0 bridgehead atoms. The molecular formula is C39H70N2O2S. The van der Waals surface area contributed by atoms with E-state index in [9.17, 15) is 4.79 Å². The van der Waals surface area contributed by atoms with E-state index in [2.05, 4.69) is 43.1 Å². The van der Waals surface area contributed by atoms with Gasteiger partial charge in [0.25, 0.3) is 0 Å². The summed E-state index contributed by atoms with van der Waals surface area (Å²) in [6.45, 7) is 5.13. The Morgan fingerprint density at radius 3 is 1.61 bits per heavy atom. The fourth-order valence-corrected chi connectivity index (χ4v) is 6.45. The van der Waals surface area contributed by atoms with Crippen LogP contribution in [0.25, 0.3) is 0 Å². The highest BCUT2D eigenvalue weighted by molar-refractivity contribution is 7.99. The third-order valence-corrected chi connectivity index (χ3v) is 9.53. The Labute approximate surface area is 277 Å². The molecule has 0 aromatic heterocycles. The molecule has 0 heterocycles.